The number of hydrogen-bond acceptors (Lipinski definition) is 7. The van der Waals surface area contributed by atoms with Gasteiger partial charge < -0.3 is 18.9 Å². The highest BCUT2D eigenvalue weighted by molar-refractivity contribution is 7.99. The van der Waals surface area contributed by atoms with Crippen LogP contribution in [0.5, 0.6) is 23.0 Å². The van der Waals surface area contributed by atoms with Gasteiger partial charge in [0.2, 0.25) is 0 Å². The molecule has 6 rings (SSSR count). The Morgan fingerprint density at radius 3 is 2.12 bits per heavy atom. The van der Waals surface area contributed by atoms with Gasteiger partial charge in [-0.1, -0.05) is 54.2 Å². The van der Waals surface area contributed by atoms with Gasteiger partial charge in [-0.3, -0.25) is 4.57 Å². The van der Waals surface area contributed by atoms with Gasteiger partial charge in [0.25, 0.3) is 0 Å². The molecule has 2 aliphatic heterocycles. The van der Waals surface area contributed by atoms with Crippen LogP contribution in [0.1, 0.15) is 11.9 Å². The summed E-state index contributed by atoms with van der Waals surface area (Å²) >= 11 is 1.58. The molecular weight excluding hydrogens is 438 g/mol. The highest BCUT2D eigenvalue weighted by Crippen LogP contribution is 2.37. The van der Waals surface area contributed by atoms with Crippen molar-refractivity contribution in [3.8, 4) is 28.7 Å². The number of para-hydroxylation sites is 5. The van der Waals surface area contributed by atoms with Crippen molar-refractivity contribution in [2.75, 3.05) is 19.0 Å². The average molecular weight is 460 g/mol. The van der Waals surface area contributed by atoms with Crippen LogP contribution in [0.3, 0.4) is 0 Å². The third-order valence-electron chi connectivity index (χ3n) is 5.44. The Morgan fingerprint density at radius 1 is 0.727 bits per heavy atom. The lowest BCUT2D eigenvalue weighted by Crippen LogP contribution is -2.31. The first-order chi connectivity index (χ1) is 16.3. The van der Waals surface area contributed by atoms with E-state index in [0.717, 1.165) is 28.1 Å². The molecule has 1 aromatic heterocycles. The topological polar surface area (TPSA) is 67.6 Å². The van der Waals surface area contributed by atoms with E-state index in [1.165, 1.54) is 0 Å². The monoisotopic (exact) mass is 459 g/mol. The highest BCUT2D eigenvalue weighted by atomic mass is 32.2. The maximum atomic E-state index is 6.22. The minimum Gasteiger partial charge on any atom is -0.486 e. The normalized spacial score (nSPS) is 18.7. The van der Waals surface area contributed by atoms with E-state index >= 15 is 0 Å². The Kier molecular flexibility index (Phi) is 5.28. The van der Waals surface area contributed by atoms with Gasteiger partial charge in [-0.25, -0.2) is 0 Å². The molecule has 3 aromatic carbocycles. The second-order valence-electron chi connectivity index (χ2n) is 7.68. The van der Waals surface area contributed by atoms with Crippen molar-refractivity contribution in [2.24, 2.45) is 0 Å². The Labute approximate surface area is 195 Å². The van der Waals surface area contributed by atoms with E-state index in [-0.39, 0.29) is 12.2 Å². The summed E-state index contributed by atoms with van der Waals surface area (Å²) in [5.41, 5.74) is 0.966. The van der Waals surface area contributed by atoms with Gasteiger partial charge in [0.05, 0.1) is 0 Å². The van der Waals surface area contributed by atoms with Gasteiger partial charge in [-0.05, 0) is 36.4 Å². The van der Waals surface area contributed by atoms with Gasteiger partial charge >= 0.3 is 0 Å². The molecule has 0 aliphatic carbocycles. The van der Waals surface area contributed by atoms with Crippen molar-refractivity contribution in [3.63, 3.8) is 0 Å². The summed E-state index contributed by atoms with van der Waals surface area (Å²) in [4.78, 5) is 0. The molecule has 3 heterocycles. The first kappa shape index (κ1) is 20.0. The molecule has 4 aromatic rings. The lowest BCUT2D eigenvalue weighted by atomic mass is 10.2. The molecule has 0 N–H and O–H groups in total. The van der Waals surface area contributed by atoms with Crippen LogP contribution in [-0.2, 0) is 0 Å². The molecule has 0 radical (unpaired) electrons. The molecule has 0 saturated heterocycles. The summed E-state index contributed by atoms with van der Waals surface area (Å²) < 4.78 is 26.2. The molecule has 2 atom stereocenters. The number of thioether (sulfide) groups is 1. The molecule has 8 heteroatoms. The van der Waals surface area contributed by atoms with Crippen LogP contribution in [0, 0.1) is 0 Å². The smallest absolute Gasteiger partial charge is 0.196 e. The summed E-state index contributed by atoms with van der Waals surface area (Å²) in [7, 11) is 0. The van der Waals surface area contributed by atoms with Crippen molar-refractivity contribution in [3.05, 3.63) is 84.7 Å². The SMILES string of the molecule is c1ccc(-n2c(SC[C@H]3COc4ccccc4O3)nnc2[C@H]2COc3ccccc3O2)cc1. The summed E-state index contributed by atoms with van der Waals surface area (Å²) in [5, 5.41) is 9.77. The van der Waals surface area contributed by atoms with Crippen LogP contribution in [0.2, 0.25) is 0 Å². The number of rotatable bonds is 5. The molecule has 7 nitrogen and oxygen atoms in total. The Morgan fingerprint density at radius 2 is 1.36 bits per heavy atom. The Bertz CT molecular complexity index is 1260. The molecular formula is C25H21N3O4S. The van der Waals surface area contributed by atoms with E-state index in [1.54, 1.807) is 11.8 Å². The van der Waals surface area contributed by atoms with Crippen molar-refractivity contribution < 1.29 is 18.9 Å². The molecule has 0 amide bonds. The Balaban J connectivity index is 1.26. The van der Waals surface area contributed by atoms with Gasteiger partial charge in [0.15, 0.2) is 40.1 Å². The molecule has 33 heavy (non-hydrogen) atoms. The molecule has 0 spiro atoms. The zero-order valence-corrected chi connectivity index (χ0v) is 18.5. The van der Waals surface area contributed by atoms with Crippen LogP contribution in [-0.4, -0.2) is 39.8 Å². The third-order valence-corrected chi connectivity index (χ3v) is 6.50. The second kappa shape index (κ2) is 8.71. The summed E-state index contributed by atoms with van der Waals surface area (Å²) in [6, 6.07) is 25.4. The Hall–Kier alpha value is -3.65. The average Bonchev–Trinajstić information content (AvgIpc) is 3.31. The van der Waals surface area contributed by atoms with Crippen LogP contribution in [0.25, 0.3) is 5.69 Å². The van der Waals surface area contributed by atoms with Crippen molar-refractivity contribution in [1.82, 2.24) is 14.8 Å². The van der Waals surface area contributed by atoms with E-state index in [2.05, 4.69) is 10.2 Å². The number of fused-ring (bicyclic) bond motifs is 2. The maximum Gasteiger partial charge on any atom is 0.196 e. The van der Waals surface area contributed by atoms with Gasteiger partial charge in [0, 0.05) is 11.4 Å². The first-order valence-electron chi connectivity index (χ1n) is 10.8. The number of benzene rings is 3. The molecule has 0 fully saturated rings. The summed E-state index contributed by atoms with van der Waals surface area (Å²) in [5.74, 6) is 4.36. The first-order valence-corrected chi connectivity index (χ1v) is 11.7. The van der Waals surface area contributed by atoms with Crippen LogP contribution in [0.15, 0.2) is 84.0 Å². The molecule has 0 bridgehead atoms. The third kappa shape index (κ3) is 3.98. The lowest BCUT2D eigenvalue weighted by molar-refractivity contribution is 0.0835. The van der Waals surface area contributed by atoms with Crippen LogP contribution < -0.4 is 18.9 Å². The van der Waals surface area contributed by atoms with Crippen LogP contribution in [0.4, 0.5) is 0 Å². The number of hydrogen-bond donors (Lipinski definition) is 0. The van der Waals surface area contributed by atoms with Crippen molar-refractivity contribution in [2.45, 2.75) is 17.4 Å². The van der Waals surface area contributed by atoms with Gasteiger partial charge in [0.1, 0.15) is 19.3 Å². The summed E-state index contributed by atoms with van der Waals surface area (Å²) in [6.45, 7) is 0.857. The van der Waals surface area contributed by atoms with Crippen molar-refractivity contribution >= 4 is 11.8 Å². The van der Waals surface area contributed by atoms with E-state index in [4.69, 9.17) is 18.9 Å². The fraction of sp³-hybridized carbons (Fsp3) is 0.200. The van der Waals surface area contributed by atoms with Gasteiger partial charge in [-0.2, -0.15) is 0 Å². The quantitative estimate of drug-likeness (QED) is 0.400. The van der Waals surface area contributed by atoms with Crippen LogP contribution >= 0.6 is 11.8 Å². The number of nitrogens with zero attached hydrogens (tertiary/aromatic N) is 3. The fourth-order valence-corrected chi connectivity index (χ4v) is 4.79. The number of aromatic nitrogens is 3. The molecule has 166 valence electrons. The summed E-state index contributed by atoms with van der Waals surface area (Å²) in [6.07, 6.45) is -0.460. The molecule has 0 saturated carbocycles. The second-order valence-corrected chi connectivity index (χ2v) is 8.67. The molecule has 0 unspecified atom stereocenters. The minimum atomic E-state index is -0.372. The minimum absolute atomic E-state index is 0.0876. The van der Waals surface area contributed by atoms with Gasteiger partial charge in [-0.15, -0.1) is 10.2 Å². The standard InChI is InChI=1S/C25H21N3O4S/c1-2-8-17(9-3-1)28-24(23-15-30-20-11-5-7-13-22(20)32-23)26-27-25(28)33-16-18-14-29-19-10-4-6-12-21(19)31-18/h1-13,18,23H,14-16H2/t18-,23-/m1/s1. The zero-order valence-electron chi connectivity index (χ0n) is 17.7. The number of ether oxygens (including phenoxy) is 4. The van der Waals surface area contributed by atoms with Crippen molar-refractivity contribution in [1.29, 1.82) is 0 Å². The van der Waals surface area contributed by atoms with E-state index < -0.39 is 0 Å². The largest absolute Gasteiger partial charge is 0.486 e. The van der Waals surface area contributed by atoms with E-state index in [9.17, 15) is 0 Å². The van der Waals surface area contributed by atoms with E-state index in [1.807, 2.05) is 83.4 Å². The lowest BCUT2D eigenvalue weighted by Gasteiger charge is -2.27. The maximum absolute atomic E-state index is 6.22. The van der Waals surface area contributed by atoms with E-state index in [0.29, 0.717) is 30.5 Å². The molecule has 2 aliphatic rings. The highest BCUT2D eigenvalue weighted by Gasteiger charge is 2.30. The predicted octanol–water partition coefficient (Wildman–Crippen LogP) is 4.71. The fourth-order valence-electron chi connectivity index (χ4n) is 3.86. The zero-order chi connectivity index (χ0) is 22.0. The predicted molar refractivity (Wildman–Crippen MR) is 124 cm³/mol.